The summed E-state index contributed by atoms with van der Waals surface area (Å²) in [6.45, 7) is 0. The summed E-state index contributed by atoms with van der Waals surface area (Å²) in [4.78, 5) is 0. The lowest BCUT2D eigenvalue weighted by Gasteiger charge is -2.44. The Morgan fingerprint density at radius 3 is 2.25 bits per heavy atom. The molecule has 1 aromatic rings. The molecular formula is C16H18F4O3S. The van der Waals surface area contributed by atoms with Gasteiger partial charge in [0.25, 0.3) is 0 Å². The normalized spacial score (nSPS) is 32.5. The Balaban J connectivity index is 1.88. The molecular weight excluding hydrogens is 348 g/mol. The van der Waals surface area contributed by atoms with Crippen LogP contribution in [0.4, 0.5) is 17.6 Å². The lowest BCUT2D eigenvalue weighted by atomic mass is 9.81. The molecule has 1 aromatic carbocycles. The summed E-state index contributed by atoms with van der Waals surface area (Å²) in [7, 11) is -3.28. The van der Waals surface area contributed by atoms with Gasteiger partial charge in [-0.05, 0) is 49.4 Å². The standard InChI is InChI=1S/C16H18F4O3S/c17-12-5-10(4-11(6-12)16(18,19)20)7-15(21)8-13-2-1-3-14(9-15)24(13,22)23/h4-6,13-14,21H,1-3,7-9H2. The van der Waals surface area contributed by atoms with E-state index in [1.54, 1.807) is 0 Å². The van der Waals surface area contributed by atoms with E-state index in [1.165, 1.54) is 0 Å². The van der Waals surface area contributed by atoms with E-state index in [1.807, 2.05) is 0 Å². The highest BCUT2D eigenvalue weighted by atomic mass is 32.2. The highest BCUT2D eigenvalue weighted by Gasteiger charge is 2.50. The third-order valence-electron chi connectivity index (χ3n) is 5.01. The van der Waals surface area contributed by atoms with Gasteiger partial charge in [0.1, 0.15) is 5.82 Å². The van der Waals surface area contributed by atoms with E-state index < -0.39 is 43.5 Å². The Bertz CT molecular complexity index is 722. The van der Waals surface area contributed by atoms with E-state index in [0.717, 1.165) is 18.6 Å². The number of fused-ring (bicyclic) bond motifs is 2. The maximum atomic E-state index is 13.5. The van der Waals surface area contributed by atoms with Crippen LogP contribution in [0.25, 0.3) is 0 Å². The lowest BCUT2D eigenvalue weighted by molar-refractivity contribution is -0.137. The number of hydrogen-bond acceptors (Lipinski definition) is 3. The van der Waals surface area contributed by atoms with Crippen molar-refractivity contribution < 1.29 is 31.1 Å². The van der Waals surface area contributed by atoms with Gasteiger partial charge in [0.15, 0.2) is 9.84 Å². The largest absolute Gasteiger partial charge is 0.416 e. The molecule has 2 unspecified atom stereocenters. The van der Waals surface area contributed by atoms with Crippen molar-refractivity contribution in [2.45, 2.75) is 60.8 Å². The van der Waals surface area contributed by atoms with Gasteiger partial charge in [-0.25, -0.2) is 12.8 Å². The molecule has 0 saturated carbocycles. The van der Waals surface area contributed by atoms with Crippen molar-refractivity contribution in [3.05, 3.63) is 35.1 Å². The second-order valence-electron chi connectivity index (χ2n) is 6.92. The summed E-state index contributed by atoms with van der Waals surface area (Å²) in [5.74, 6) is -1.02. The van der Waals surface area contributed by atoms with Crippen LogP contribution in [0.15, 0.2) is 18.2 Å². The van der Waals surface area contributed by atoms with E-state index in [-0.39, 0.29) is 24.8 Å². The number of benzene rings is 1. The minimum absolute atomic E-state index is 0.0102. The Morgan fingerprint density at radius 2 is 1.71 bits per heavy atom. The first-order valence-corrected chi connectivity index (χ1v) is 9.42. The van der Waals surface area contributed by atoms with Crippen LogP contribution in [0.1, 0.15) is 43.2 Å². The van der Waals surface area contributed by atoms with Crippen molar-refractivity contribution in [2.75, 3.05) is 0 Å². The van der Waals surface area contributed by atoms with E-state index >= 15 is 0 Å². The monoisotopic (exact) mass is 366 g/mol. The molecule has 2 fully saturated rings. The maximum absolute atomic E-state index is 13.5. The summed E-state index contributed by atoms with van der Waals surface area (Å²) in [6.07, 6.45) is -3.20. The van der Waals surface area contributed by atoms with Crippen LogP contribution in [0.5, 0.6) is 0 Å². The van der Waals surface area contributed by atoms with Gasteiger partial charge >= 0.3 is 6.18 Å². The van der Waals surface area contributed by atoms with Crippen molar-refractivity contribution >= 4 is 9.84 Å². The molecule has 0 aromatic heterocycles. The molecule has 24 heavy (non-hydrogen) atoms. The second-order valence-corrected chi connectivity index (χ2v) is 9.43. The average molecular weight is 366 g/mol. The zero-order valence-electron chi connectivity index (χ0n) is 12.8. The van der Waals surface area contributed by atoms with E-state index in [0.29, 0.717) is 18.9 Å². The highest BCUT2D eigenvalue weighted by Crippen LogP contribution is 2.43. The first-order chi connectivity index (χ1) is 11.0. The smallest absolute Gasteiger partial charge is 0.389 e. The van der Waals surface area contributed by atoms with Crippen LogP contribution in [0, 0.1) is 5.82 Å². The van der Waals surface area contributed by atoms with Crippen molar-refractivity contribution in [2.24, 2.45) is 0 Å². The predicted octanol–water partition coefficient (Wildman–Crippen LogP) is 3.25. The molecule has 2 saturated heterocycles. The third kappa shape index (κ3) is 3.31. The molecule has 0 spiro atoms. The number of hydrogen-bond donors (Lipinski definition) is 1. The number of aliphatic hydroxyl groups is 1. The zero-order chi connectivity index (χ0) is 17.8. The molecule has 0 radical (unpaired) electrons. The lowest BCUT2D eigenvalue weighted by Crippen LogP contribution is -2.52. The highest BCUT2D eigenvalue weighted by molar-refractivity contribution is 7.92. The number of rotatable bonds is 2. The molecule has 0 aliphatic carbocycles. The van der Waals surface area contributed by atoms with Crippen LogP contribution >= 0.6 is 0 Å². The van der Waals surface area contributed by atoms with Crippen LogP contribution in [-0.2, 0) is 22.4 Å². The topological polar surface area (TPSA) is 54.4 Å². The van der Waals surface area contributed by atoms with E-state index in [4.69, 9.17) is 0 Å². The maximum Gasteiger partial charge on any atom is 0.416 e. The predicted molar refractivity (Wildman–Crippen MR) is 79.6 cm³/mol. The molecule has 1 N–H and O–H groups in total. The molecule has 134 valence electrons. The Hall–Kier alpha value is -1.15. The fourth-order valence-corrected chi connectivity index (χ4v) is 6.60. The van der Waals surface area contributed by atoms with Gasteiger partial charge in [0.05, 0.1) is 21.7 Å². The molecule has 3 rings (SSSR count). The molecule has 2 bridgehead atoms. The van der Waals surface area contributed by atoms with Crippen molar-refractivity contribution in [3.8, 4) is 0 Å². The fraction of sp³-hybridized carbons (Fsp3) is 0.625. The molecule has 2 heterocycles. The van der Waals surface area contributed by atoms with E-state index in [9.17, 15) is 31.1 Å². The molecule has 8 heteroatoms. The molecule has 2 aliphatic rings. The zero-order valence-corrected chi connectivity index (χ0v) is 13.6. The summed E-state index contributed by atoms with van der Waals surface area (Å²) in [6, 6.07) is 2.19. The quantitative estimate of drug-likeness (QED) is 0.818. The average Bonchev–Trinajstić information content (AvgIpc) is 2.39. The molecule has 3 nitrogen and oxygen atoms in total. The van der Waals surface area contributed by atoms with Gasteiger partial charge in [0.2, 0.25) is 0 Å². The van der Waals surface area contributed by atoms with Gasteiger partial charge in [-0.1, -0.05) is 6.42 Å². The minimum Gasteiger partial charge on any atom is -0.389 e. The summed E-state index contributed by atoms with van der Waals surface area (Å²) >= 11 is 0. The van der Waals surface area contributed by atoms with Crippen LogP contribution < -0.4 is 0 Å². The summed E-state index contributed by atoms with van der Waals surface area (Å²) in [5, 5.41) is 9.46. The Kier molecular flexibility index (Phi) is 4.19. The third-order valence-corrected chi connectivity index (χ3v) is 7.68. The van der Waals surface area contributed by atoms with Gasteiger partial charge in [-0.2, -0.15) is 13.2 Å². The Morgan fingerprint density at radius 1 is 1.12 bits per heavy atom. The summed E-state index contributed by atoms with van der Waals surface area (Å²) in [5.41, 5.74) is -2.50. The number of halogens is 4. The van der Waals surface area contributed by atoms with Crippen molar-refractivity contribution in [1.82, 2.24) is 0 Å². The number of sulfone groups is 1. The van der Waals surface area contributed by atoms with Crippen molar-refractivity contribution in [3.63, 3.8) is 0 Å². The molecule has 2 aliphatic heterocycles. The molecule has 2 atom stereocenters. The fourth-order valence-electron chi connectivity index (χ4n) is 3.98. The van der Waals surface area contributed by atoms with Gasteiger partial charge in [0, 0.05) is 6.42 Å². The first-order valence-electron chi connectivity index (χ1n) is 7.81. The van der Waals surface area contributed by atoms with Gasteiger partial charge in [-0.3, -0.25) is 0 Å². The van der Waals surface area contributed by atoms with Crippen LogP contribution in [-0.4, -0.2) is 29.6 Å². The van der Waals surface area contributed by atoms with Crippen LogP contribution in [0.2, 0.25) is 0 Å². The van der Waals surface area contributed by atoms with Crippen LogP contribution in [0.3, 0.4) is 0 Å². The summed E-state index contributed by atoms with van der Waals surface area (Å²) < 4.78 is 76.4. The van der Waals surface area contributed by atoms with Gasteiger partial charge in [-0.15, -0.1) is 0 Å². The van der Waals surface area contributed by atoms with Gasteiger partial charge < -0.3 is 5.11 Å². The number of alkyl halides is 3. The second kappa shape index (κ2) is 5.69. The Labute approximate surface area is 137 Å². The minimum atomic E-state index is -4.67. The first kappa shape index (κ1) is 17.7. The SMILES string of the molecule is O=S1(=O)C2CCCC1CC(O)(Cc1cc(F)cc(C(F)(F)F)c1)C2. The van der Waals surface area contributed by atoms with Crippen molar-refractivity contribution in [1.29, 1.82) is 0 Å². The van der Waals surface area contributed by atoms with E-state index in [2.05, 4.69) is 0 Å². The molecule has 0 amide bonds.